The number of furan rings is 1. The van der Waals surface area contributed by atoms with Crippen molar-refractivity contribution in [3.05, 3.63) is 53.0 Å². The Kier molecular flexibility index (Phi) is 4.62. The molecule has 4 nitrogen and oxygen atoms in total. The van der Waals surface area contributed by atoms with Crippen LogP contribution in [0.15, 0.2) is 56.7 Å². The number of halogens is 3. The van der Waals surface area contributed by atoms with E-state index in [9.17, 15) is 8.78 Å². The van der Waals surface area contributed by atoms with E-state index in [2.05, 4.69) is 25.9 Å². The predicted octanol–water partition coefficient (Wildman–Crippen LogP) is 3.77. The van der Waals surface area contributed by atoms with Crippen LogP contribution in [-0.4, -0.2) is 17.1 Å². The summed E-state index contributed by atoms with van der Waals surface area (Å²) in [5.41, 5.74) is 5.28. The van der Waals surface area contributed by atoms with Crippen LogP contribution in [0.4, 0.5) is 14.6 Å². The molecule has 0 aliphatic carbocycles. The molecule has 7 heteroatoms. The van der Waals surface area contributed by atoms with Gasteiger partial charge in [0.05, 0.1) is 12.0 Å². The first-order valence-corrected chi connectivity index (χ1v) is 6.35. The maximum absolute atomic E-state index is 13.0. The molecule has 0 aliphatic heterocycles. The van der Waals surface area contributed by atoms with E-state index in [-0.39, 0.29) is 11.5 Å². The fourth-order valence-corrected chi connectivity index (χ4v) is 1.62. The lowest BCUT2D eigenvalue weighted by Gasteiger charge is -2.02. The molecule has 0 aliphatic rings. The zero-order chi connectivity index (χ0) is 14.5. The Hall–Kier alpha value is -2.02. The van der Waals surface area contributed by atoms with Crippen LogP contribution in [0.3, 0.4) is 0 Å². The normalized spacial score (nSPS) is 13.0. The molecule has 2 N–H and O–H groups in total. The number of aromatic nitrogens is 1. The zero-order valence-electron chi connectivity index (χ0n) is 10.1. The largest absolute Gasteiger partial charge is 0.463 e. The lowest BCUT2D eigenvalue weighted by molar-refractivity contribution is 0.227. The van der Waals surface area contributed by atoms with Gasteiger partial charge in [-0.05, 0) is 46.3 Å². The Morgan fingerprint density at radius 1 is 1.40 bits per heavy atom. The van der Waals surface area contributed by atoms with E-state index >= 15 is 0 Å². The first kappa shape index (κ1) is 14.4. The minimum Gasteiger partial charge on any atom is -0.463 e. The number of rotatable bonds is 4. The first-order chi connectivity index (χ1) is 9.56. The van der Waals surface area contributed by atoms with Crippen molar-refractivity contribution in [1.29, 1.82) is 0 Å². The van der Waals surface area contributed by atoms with Gasteiger partial charge in [0.2, 0.25) is 0 Å². The molecule has 2 aromatic rings. The minimum absolute atomic E-state index is 0.0751. The third-order valence-corrected chi connectivity index (χ3v) is 2.76. The van der Waals surface area contributed by atoms with Crippen LogP contribution in [0, 0.1) is 0 Å². The van der Waals surface area contributed by atoms with Gasteiger partial charge in [0.1, 0.15) is 11.5 Å². The second-order valence-electron chi connectivity index (χ2n) is 3.75. The van der Waals surface area contributed by atoms with Gasteiger partial charge in [-0.2, -0.15) is 0 Å². The van der Waals surface area contributed by atoms with Crippen LogP contribution < -0.4 is 5.73 Å². The summed E-state index contributed by atoms with van der Waals surface area (Å²) < 4.78 is 31.7. The Labute approximate surface area is 122 Å². The van der Waals surface area contributed by atoms with Gasteiger partial charge in [-0.15, -0.1) is 0 Å². The lowest BCUT2D eigenvalue weighted by atomic mass is 10.2. The summed E-state index contributed by atoms with van der Waals surface area (Å²) in [5.74, 6) is 0.481. The maximum atomic E-state index is 13.0. The number of hydrogen-bond donors (Lipinski definition) is 1. The molecule has 2 aromatic heterocycles. The summed E-state index contributed by atoms with van der Waals surface area (Å²) in [4.78, 5) is 7.70. The molecule has 0 atom stereocenters. The van der Waals surface area contributed by atoms with Gasteiger partial charge < -0.3 is 10.2 Å². The van der Waals surface area contributed by atoms with Gasteiger partial charge in [-0.1, -0.05) is 0 Å². The Bertz CT molecular complexity index is 622. The molecule has 0 fully saturated rings. The van der Waals surface area contributed by atoms with Crippen molar-refractivity contribution in [2.24, 2.45) is 10.7 Å². The number of alkyl halides is 2. The van der Waals surface area contributed by atoms with Crippen molar-refractivity contribution in [2.45, 2.75) is 6.43 Å². The first-order valence-electron chi connectivity index (χ1n) is 5.55. The molecule has 0 amide bonds. The summed E-state index contributed by atoms with van der Waals surface area (Å²) in [6.07, 6.45) is 1.19. The van der Waals surface area contributed by atoms with E-state index in [1.54, 1.807) is 18.2 Å². The summed E-state index contributed by atoms with van der Waals surface area (Å²) in [6, 6.07) is 6.37. The van der Waals surface area contributed by atoms with Crippen molar-refractivity contribution in [3.63, 3.8) is 0 Å². The molecule has 0 saturated heterocycles. The van der Waals surface area contributed by atoms with Gasteiger partial charge in [0, 0.05) is 10.7 Å². The second kappa shape index (κ2) is 6.42. The highest BCUT2D eigenvalue weighted by molar-refractivity contribution is 9.10. The molecule has 0 spiro atoms. The summed E-state index contributed by atoms with van der Waals surface area (Å²) in [6.45, 7) is 0. The Morgan fingerprint density at radius 3 is 2.75 bits per heavy atom. The molecule has 2 rings (SSSR count). The van der Waals surface area contributed by atoms with Crippen molar-refractivity contribution in [1.82, 2.24) is 4.98 Å². The van der Waals surface area contributed by atoms with Crippen LogP contribution in [0.25, 0.3) is 5.70 Å². The number of aliphatic imine (C=N–C) groups is 1. The van der Waals surface area contributed by atoms with Crippen LogP contribution in [0.2, 0.25) is 0 Å². The predicted molar refractivity (Wildman–Crippen MR) is 75.9 cm³/mol. The standard InChI is InChI=1S/C13H10BrF2N3O/c14-8-3-4-12(18-7-8)19-10(13(15)16)6-9(17)11-2-1-5-20-11/h1-7,13H,17H2/b9-6-,19-10?. The second-order valence-corrected chi connectivity index (χ2v) is 4.66. The quantitative estimate of drug-likeness (QED) is 0.860. The number of allylic oxidation sites excluding steroid dienone is 1. The summed E-state index contributed by atoms with van der Waals surface area (Å²) in [5, 5.41) is 0. The van der Waals surface area contributed by atoms with Crippen molar-refractivity contribution in [3.8, 4) is 0 Å². The lowest BCUT2D eigenvalue weighted by Crippen LogP contribution is -2.10. The van der Waals surface area contributed by atoms with Gasteiger partial charge >= 0.3 is 0 Å². The molecular weight excluding hydrogens is 332 g/mol. The fourth-order valence-electron chi connectivity index (χ4n) is 1.38. The van der Waals surface area contributed by atoms with Crippen molar-refractivity contribution >= 4 is 33.2 Å². The highest BCUT2D eigenvalue weighted by Crippen LogP contribution is 2.16. The van der Waals surface area contributed by atoms with E-state index < -0.39 is 12.1 Å². The summed E-state index contributed by atoms with van der Waals surface area (Å²) in [7, 11) is 0. The van der Waals surface area contributed by atoms with Gasteiger partial charge in [-0.25, -0.2) is 18.8 Å². The third kappa shape index (κ3) is 3.74. The number of hydrogen-bond acceptors (Lipinski definition) is 4. The van der Waals surface area contributed by atoms with E-state index in [1.807, 2.05) is 0 Å². The van der Waals surface area contributed by atoms with Crippen LogP contribution in [0.1, 0.15) is 5.76 Å². The molecular formula is C13H10BrF2N3O. The average molecular weight is 342 g/mol. The molecule has 2 heterocycles. The van der Waals surface area contributed by atoms with E-state index in [4.69, 9.17) is 10.2 Å². The fraction of sp³-hybridized carbons (Fsp3) is 0.0769. The molecule has 0 radical (unpaired) electrons. The Balaban J connectivity index is 2.32. The molecule has 0 bridgehead atoms. The van der Waals surface area contributed by atoms with E-state index in [1.165, 1.54) is 18.5 Å². The molecule has 0 unspecified atom stereocenters. The highest BCUT2D eigenvalue weighted by Gasteiger charge is 2.13. The topological polar surface area (TPSA) is 64.4 Å². The Morgan fingerprint density at radius 2 is 2.20 bits per heavy atom. The highest BCUT2D eigenvalue weighted by atomic mass is 79.9. The zero-order valence-corrected chi connectivity index (χ0v) is 11.7. The minimum atomic E-state index is -2.77. The van der Waals surface area contributed by atoms with Gasteiger partial charge in [0.15, 0.2) is 5.82 Å². The van der Waals surface area contributed by atoms with Crippen LogP contribution in [0.5, 0.6) is 0 Å². The third-order valence-electron chi connectivity index (χ3n) is 2.29. The van der Waals surface area contributed by atoms with E-state index in [0.717, 1.165) is 10.5 Å². The monoisotopic (exact) mass is 341 g/mol. The number of nitrogens with two attached hydrogens (primary N) is 1. The van der Waals surface area contributed by atoms with Gasteiger partial charge in [0.25, 0.3) is 6.43 Å². The van der Waals surface area contributed by atoms with E-state index in [0.29, 0.717) is 5.76 Å². The summed E-state index contributed by atoms with van der Waals surface area (Å²) >= 11 is 3.20. The number of nitrogens with zero attached hydrogens (tertiary/aromatic N) is 2. The number of pyridine rings is 1. The average Bonchev–Trinajstić information content (AvgIpc) is 2.94. The molecule has 104 valence electrons. The van der Waals surface area contributed by atoms with Crippen molar-refractivity contribution < 1.29 is 13.2 Å². The van der Waals surface area contributed by atoms with Gasteiger partial charge in [-0.3, -0.25) is 0 Å². The van der Waals surface area contributed by atoms with Crippen molar-refractivity contribution in [2.75, 3.05) is 0 Å². The maximum Gasteiger partial charge on any atom is 0.280 e. The van der Waals surface area contributed by atoms with Crippen LogP contribution >= 0.6 is 15.9 Å². The molecule has 0 saturated carbocycles. The SMILES string of the molecule is N/C(=C\C(=Nc1ccc(Br)cn1)C(F)F)c1ccco1. The van der Waals surface area contributed by atoms with Crippen LogP contribution in [-0.2, 0) is 0 Å². The molecule has 0 aromatic carbocycles. The molecule has 20 heavy (non-hydrogen) atoms. The smallest absolute Gasteiger partial charge is 0.280 e.